The SMILES string of the molecule is CC(C)(C)NC(=O)c1ccc(NC[C@H]2CC[C@H](NS(=O)(=O)C(C)(C)C)CC2)cc1. The number of hydrogen-bond acceptors (Lipinski definition) is 4. The summed E-state index contributed by atoms with van der Waals surface area (Å²) in [4.78, 5) is 12.2. The van der Waals surface area contributed by atoms with E-state index in [4.69, 9.17) is 0 Å². The Labute approximate surface area is 176 Å². The van der Waals surface area contributed by atoms with E-state index in [1.165, 1.54) is 0 Å². The molecule has 1 aliphatic rings. The molecular formula is C22H37N3O3S. The number of hydrogen-bond donors (Lipinski definition) is 3. The fraction of sp³-hybridized carbons (Fsp3) is 0.682. The van der Waals surface area contributed by atoms with E-state index >= 15 is 0 Å². The molecule has 1 aromatic carbocycles. The van der Waals surface area contributed by atoms with Crippen molar-refractivity contribution < 1.29 is 13.2 Å². The second-order valence-corrected chi connectivity index (χ2v) is 12.6. The van der Waals surface area contributed by atoms with Gasteiger partial charge in [0.2, 0.25) is 10.0 Å². The summed E-state index contributed by atoms with van der Waals surface area (Å²) in [6.45, 7) is 11.9. The van der Waals surface area contributed by atoms with Crippen molar-refractivity contribution in [2.75, 3.05) is 11.9 Å². The Bertz CT molecular complexity index is 782. The lowest BCUT2D eigenvalue weighted by Crippen LogP contribution is -2.46. The van der Waals surface area contributed by atoms with Crippen molar-refractivity contribution in [1.29, 1.82) is 0 Å². The molecule has 29 heavy (non-hydrogen) atoms. The normalized spacial score (nSPS) is 20.9. The molecule has 0 spiro atoms. The van der Waals surface area contributed by atoms with Crippen LogP contribution in [-0.2, 0) is 10.0 Å². The first-order valence-corrected chi connectivity index (χ1v) is 11.9. The second kappa shape index (κ2) is 9.04. The predicted molar refractivity (Wildman–Crippen MR) is 120 cm³/mol. The number of anilines is 1. The molecule has 2 rings (SSSR count). The fourth-order valence-corrected chi connectivity index (χ4v) is 4.32. The lowest BCUT2D eigenvalue weighted by molar-refractivity contribution is 0.0919. The van der Waals surface area contributed by atoms with Crippen LogP contribution in [0, 0.1) is 5.92 Å². The van der Waals surface area contributed by atoms with E-state index in [0.717, 1.165) is 37.9 Å². The van der Waals surface area contributed by atoms with E-state index < -0.39 is 14.8 Å². The molecule has 1 fully saturated rings. The summed E-state index contributed by atoms with van der Waals surface area (Å²) in [7, 11) is -3.29. The van der Waals surface area contributed by atoms with Gasteiger partial charge in [0, 0.05) is 29.4 Å². The monoisotopic (exact) mass is 423 g/mol. The minimum Gasteiger partial charge on any atom is -0.385 e. The topological polar surface area (TPSA) is 87.3 Å². The molecule has 7 heteroatoms. The largest absolute Gasteiger partial charge is 0.385 e. The number of rotatable bonds is 6. The number of carbonyl (C=O) groups excluding carboxylic acids is 1. The van der Waals surface area contributed by atoms with Crippen molar-refractivity contribution >= 4 is 21.6 Å². The van der Waals surface area contributed by atoms with E-state index in [-0.39, 0.29) is 17.5 Å². The number of benzene rings is 1. The fourth-order valence-electron chi connectivity index (χ4n) is 3.30. The van der Waals surface area contributed by atoms with Crippen LogP contribution in [0.4, 0.5) is 5.69 Å². The van der Waals surface area contributed by atoms with Gasteiger partial charge in [-0.15, -0.1) is 0 Å². The smallest absolute Gasteiger partial charge is 0.251 e. The van der Waals surface area contributed by atoms with Gasteiger partial charge in [-0.25, -0.2) is 13.1 Å². The highest BCUT2D eigenvalue weighted by atomic mass is 32.2. The first-order valence-electron chi connectivity index (χ1n) is 10.5. The Hall–Kier alpha value is -1.60. The van der Waals surface area contributed by atoms with Gasteiger partial charge in [-0.1, -0.05) is 0 Å². The highest BCUT2D eigenvalue weighted by molar-refractivity contribution is 7.90. The summed E-state index contributed by atoms with van der Waals surface area (Å²) in [5, 5.41) is 6.41. The van der Waals surface area contributed by atoms with E-state index in [1.54, 1.807) is 20.8 Å². The maximum atomic E-state index is 12.3. The maximum absolute atomic E-state index is 12.3. The van der Waals surface area contributed by atoms with Gasteiger partial charge in [-0.3, -0.25) is 4.79 Å². The Morgan fingerprint density at radius 3 is 2.00 bits per heavy atom. The zero-order valence-corrected chi connectivity index (χ0v) is 19.4. The molecule has 3 N–H and O–H groups in total. The maximum Gasteiger partial charge on any atom is 0.251 e. The molecule has 0 saturated heterocycles. The molecule has 0 bridgehead atoms. The van der Waals surface area contributed by atoms with Crippen molar-refractivity contribution in [3.63, 3.8) is 0 Å². The molecular weight excluding hydrogens is 386 g/mol. The summed E-state index contributed by atoms with van der Waals surface area (Å²) in [6.07, 6.45) is 3.73. The molecule has 0 unspecified atom stereocenters. The van der Waals surface area contributed by atoms with Crippen LogP contribution in [0.1, 0.15) is 77.6 Å². The van der Waals surface area contributed by atoms with Crippen LogP contribution in [0.3, 0.4) is 0 Å². The molecule has 1 aromatic rings. The molecule has 1 amide bonds. The zero-order valence-electron chi connectivity index (χ0n) is 18.6. The van der Waals surface area contributed by atoms with Gasteiger partial charge in [0.15, 0.2) is 0 Å². The summed E-state index contributed by atoms with van der Waals surface area (Å²) in [5.74, 6) is 0.453. The molecule has 0 radical (unpaired) electrons. The van der Waals surface area contributed by atoms with Crippen LogP contribution in [0.15, 0.2) is 24.3 Å². The minimum absolute atomic E-state index is 0.0380. The molecule has 164 valence electrons. The third kappa shape index (κ3) is 7.30. The Balaban J connectivity index is 1.79. The quantitative estimate of drug-likeness (QED) is 0.647. The van der Waals surface area contributed by atoms with Crippen LogP contribution >= 0.6 is 0 Å². The highest BCUT2D eigenvalue weighted by Gasteiger charge is 2.32. The van der Waals surface area contributed by atoms with E-state index in [2.05, 4.69) is 15.4 Å². The summed E-state index contributed by atoms with van der Waals surface area (Å²) in [5.41, 5.74) is 1.39. The third-order valence-electron chi connectivity index (χ3n) is 5.21. The van der Waals surface area contributed by atoms with Crippen molar-refractivity contribution in [2.24, 2.45) is 5.92 Å². The molecule has 6 nitrogen and oxygen atoms in total. The predicted octanol–water partition coefficient (Wildman–Crippen LogP) is 3.90. The molecule has 0 aliphatic heterocycles. The Morgan fingerprint density at radius 1 is 0.966 bits per heavy atom. The summed E-state index contributed by atoms with van der Waals surface area (Å²) < 4.78 is 26.7. The number of amides is 1. The average molecular weight is 424 g/mol. The van der Waals surface area contributed by atoms with Crippen molar-refractivity contribution in [1.82, 2.24) is 10.0 Å². The molecule has 0 atom stereocenters. The minimum atomic E-state index is -3.29. The standard InChI is InChI=1S/C22H37N3O3S/c1-21(2,3)24-20(26)17-9-13-18(14-10-17)23-15-16-7-11-19(12-8-16)25-29(27,28)22(4,5)6/h9-10,13-14,16,19,23,25H,7-8,11-12,15H2,1-6H3,(H,24,26)/t16-,19-. The van der Waals surface area contributed by atoms with Gasteiger partial charge in [-0.05, 0) is 97.4 Å². The zero-order chi connectivity index (χ0) is 21.9. The summed E-state index contributed by atoms with van der Waals surface area (Å²) in [6, 6.07) is 7.57. The van der Waals surface area contributed by atoms with Crippen LogP contribution in [0.25, 0.3) is 0 Å². The van der Waals surface area contributed by atoms with Crippen molar-refractivity contribution in [2.45, 2.75) is 83.6 Å². The molecule has 0 aromatic heterocycles. The number of nitrogens with one attached hydrogen (secondary N) is 3. The van der Waals surface area contributed by atoms with E-state index in [1.807, 2.05) is 45.0 Å². The van der Waals surface area contributed by atoms with Crippen LogP contribution in [0.2, 0.25) is 0 Å². The van der Waals surface area contributed by atoms with Crippen molar-refractivity contribution in [3.05, 3.63) is 29.8 Å². The van der Waals surface area contributed by atoms with Gasteiger partial charge < -0.3 is 10.6 Å². The van der Waals surface area contributed by atoms with E-state index in [0.29, 0.717) is 11.5 Å². The second-order valence-electron chi connectivity index (χ2n) is 10.1. The van der Waals surface area contributed by atoms with Crippen LogP contribution in [-0.4, -0.2) is 37.2 Å². The molecule has 0 heterocycles. The lowest BCUT2D eigenvalue weighted by Gasteiger charge is -2.31. The molecule has 1 aliphatic carbocycles. The van der Waals surface area contributed by atoms with E-state index in [9.17, 15) is 13.2 Å². The van der Waals surface area contributed by atoms with Gasteiger partial charge in [0.05, 0.1) is 4.75 Å². The highest BCUT2D eigenvalue weighted by Crippen LogP contribution is 2.26. The number of sulfonamides is 1. The first-order chi connectivity index (χ1) is 13.3. The van der Waals surface area contributed by atoms with Gasteiger partial charge >= 0.3 is 0 Å². The third-order valence-corrected chi connectivity index (χ3v) is 7.46. The van der Waals surface area contributed by atoms with Gasteiger partial charge in [0.1, 0.15) is 0 Å². The Morgan fingerprint density at radius 2 is 1.52 bits per heavy atom. The number of carbonyl (C=O) groups is 1. The van der Waals surface area contributed by atoms with Gasteiger partial charge in [0.25, 0.3) is 5.91 Å². The first kappa shape index (κ1) is 23.7. The van der Waals surface area contributed by atoms with Crippen LogP contribution < -0.4 is 15.4 Å². The van der Waals surface area contributed by atoms with Crippen LogP contribution in [0.5, 0.6) is 0 Å². The summed E-state index contributed by atoms with van der Waals surface area (Å²) >= 11 is 0. The average Bonchev–Trinajstić information content (AvgIpc) is 2.59. The van der Waals surface area contributed by atoms with Gasteiger partial charge in [-0.2, -0.15) is 0 Å². The Kier molecular flexibility index (Phi) is 7.38. The molecule has 1 saturated carbocycles. The lowest BCUT2D eigenvalue weighted by atomic mass is 9.86. The van der Waals surface area contributed by atoms with Crippen molar-refractivity contribution in [3.8, 4) is 0 Å².